The molecule has 0 aliphatic heterocycles. The summed E-state index contributed by atoms with van der Waals surface area (Å²) in [4.78, 5) is 0. The summed E-state index contributed by atoms with van der Waals surface area (Å²) in [5.74, 6) is 0. The first kappa shape index (κ1) is 11.5. The van der Waals surface area contributed by atoms with Crippen LogP contribution in [0, 0.1) is 6.92 Å². The molecule has 0 unspecified atom stereocenters. The Labute approximate surface area is 89.7 Å². The van der Waals surface area contributed by atoms with Crippen molar-refractivity contribution in [2.24, 2.45) is 0 Å². The Hall–Kier alpha value is -0.540. The number of aryl methyl sites for hydroxylation is 1. The van der Waals surface area contributed by atoms with E-state index in [1.807, 2.05) is 20.8 Å². The summed E-state index contributed by atoms with van der Waals surface area (Å²) in [5, 5.41) is 14.9. The maximum Gasteiger partial charge on any atom is 0.0837 e. The van der Waals surface area contributed by atoms with Crippen molar-refractivity contribution < 1.29 is 5.11 Å². The lowest BCUT2D eigenvalue weighted by molar-refractivity contribution is 0.0118. The average Bonchev–Trinajstić information content (AvgIpc) is 2.45. The Balaban J connectivity index is 2.77. The Bertz CT molecular complexity index is 286. The van der Waals surface area contributed by atoms with Crippen molar-refractivity contribution in [2.75, 3.05) is 0 Å². The van der Waals surface area contributed by atoms with Gasteiger partial charge in [0, 0.05) is 6.20 Å². The molecule has 0 bridgehead atoms. The van der Waals surface area contributed by atoms with Crippen LogP contribution in [0.25, 0.3) is 0 Å². The van der Waals surface area contributed by atoms with E-state index in [0.717, 1.165) is 18.5 Å². The first-order chi connectivity index (χ1) is 6.50. The summed E-state index contributed by atoms with van der Waals surface area (Å²) in [6.45, 7) is 6.31. The van der Waals surface area contributed by atoms with Gasteiger partial charge in [0.25, 0.3) is 0 Å². The van der Waals surface area contributed by atoms with Crippen LogP contribution in [0.2, 0.25) is 5.02 Å². The molecule has 0 aliphatic carbocycles. The van der Waals surface area contributed by atoms with Gasteiger partial charge in [0.05, 0.1) is 22.9 Å². The second-order valence-electron chi connectivity index (χ2n) is 3.69. The Morgan fingerprint density at radius 2 is 2.07 bits per heavy atom. The molecule has 3 nitrogen and oxygen atoms in total. The van der Waals surface area contributed by atoms with Crippen molar-refractivity contribution in [3.63, 3.8) is 0 Å². The van der Waals surface area contributed by atoms with Gasteiger partial charge in [0.15, 0.2) is 0 Å². The molecule has 0 atom stereocenters. The molecular formula is C10H17ClN2O. The van der Waals surface area contributed by atoms with Crippen molar-refractivity contribution in [1.82, 2.24) is 9.78 Å². The van der Waals surface area contributed by atoms with Crippen LogP contribution in [0.15, 0.2) is 6.20 Å². The lowest BCUT2D eigenvalue weighted by Gasteiger charge is -2.24. The summed E-state index contributed by atoms with van der Waals surface area (Å²) in [6, 6.07) is 0. The highest BCUT2D eigenvalue weighted by Crippen LogP contribution is 2.19. The van der Waals surface area contributed by atoms with E-state index in [4.69, 9.17) is 11.6 Å². The maximum absolute atomic E-state index is 10.1. The molecule has 1 N–H and O–H groups in total. The highest BCUT2D eigenvalue weighted by atomic mass is 35.5. The average molecular weight is 217 g/mol. The number of rotatable bonds is 4. The Kier molecular flexibility index (Phi) is 3.56. The molecular weight excluding hydrogens is 200 g/mol. The second-order valence-corrected chi connectivity index (χ2v) is 4.10. The number of aromatic nitrogens is 2. The van der Waals surface area contributed by atoms with Crippen LogP contribution in [0.5, 0.6) is 0 Å². The van der Waals surface area contributed by atoms with E-state index < -0.39 is 5.60 Å². The van der Waals surface area contributed by atoms with Gasteiger partial charge in [-0.15, -0.1) is 0 Å². The van der Waals surface area contributed by atoms with Crippen LogP contribution >= 0.6 is 11.6 Å². The predicted molar refractivity (Wildman–Crippen MR) is 57.5 cm³/mol. The van der Waals surface area contributed by atoms with Crippen LogP contribution < -0.4 is 0 Å². The van der Waals surface area contributed by atoms with Gasteiger partial charge in [-0.1, -0.05) is 25.4 Å². The lowest BCUT2D eigenvalue weighted by atomic mass is 9.98. The topological polar surface area (TPSA) is 38.0 Å². The van der Waals surface area contributed by atoms with Crippen LogP contribution in [0.4, 0.5) is 0 Å². The Morgan fingerprint density at radius 3 is 2.43 bits per heavy atom. The van der Waals surface area contributed by atoms with Gasteiger partial charge >= 0.3 is 0 Å². The molecule has 0 fully saturated rings. The fourth-order valence-corrected chi connectivity index (χ4v) is 1.50. The van der Waals surface area contributed by atoms with Crippen molar-refractivity contribution >= 4 is 11.6 Å². The van der Waals surface area contributed by atoms with E-state index in [1.165, 1.54) is 0 Å². The largest absolute Gasteiger partial charge is 0.388 e. The van der Waals surface area contributed by atoms with Gasteiger partial charge in [0.1, 0.15) is 0 Å². The number of halogens is 1. The second kappa shape index (κ2) is 4.32. The van der Waals surface area contributed by atoms with E-state index in [9.17, 15) is 5.11 Å². The zero-order valence-corrected chi connectivity index (χ0v) is 9.67. The van der Waals surface area contributed by atoms with E-state index in [-0.39, 0.29) is 0 Å². The molecule has 0 radical (unpaired) electrons. The molecule has 1 aromatic heterocycles. The van der Waals surface area contributed by atoms with Crippen molar-refractivity contribution in [2.45, 2.75) is 45.8 Å². The van der Waals surface area contributed by atoms with E-state index in [0.29, 0.717) is 11.6 Å². The minimum atomic E-state index is -0.665. The van der Waals surface area contributed by atoms with Gasteiger partial charge in [-0.25, -0.2) is 0 Å². The smallest absolute Gasteiger partial charge is 0.0837 e. The first-order valence-electron chi connectivity index (χ1n) is 4.92. The summed E-state index contributed by atoms with van der Waals surface area (Å²) in [6.07, 6.45) is 3.20. The van der Waals surface area contributed by atoms with Crippen LogP contribution in [-0.4, -0.2) is 20.5 Å². The monoisotopic (exact) mass is 216 g/mol. The van der Waals surface area contributed by atoms with Crippen LogP contribution in [0.3, 0.4) is 0 Å². The number of hydrogen-bond acceptors (Lipinski definition) is 2. The highest BCUT2D eigenvalue weighted by Gasteiger charge is 2.23. The first-order valence-corrected chi connectivity index (χ1v) is 5.30. The normalized spacial score (nSPS) is 12.1. The molecule has 0 aromatic carbocycles. The van der Waals surface area contributed by atoms with E-state index >= 15 is 0 Å². The molecule has 1 rings (SSSR count). The SMILES string of the molecule is CCC(O)(CC)Cn1cc(Cl)c(C)n1. The number of aliphatic hydroxyl groups is 1. The van der Waals surface area contributed by atoms with Gasteiger partial charge in [-0.3, -0.25) is 4.68 Å². The summed E-state index contributed by atoms with van der Waals surface area (Å²) < 4.78 is 1.71. The Morgan fingerprint density at radius 1 is 1.50 bits per heavy atom. The fourth-order valence-electron chi connectivity index (χ4n) is 1.35. The molecule has 0 saturated carbocycles. The fraction of sp³-hybridized carbons (Fsp3) is 0.700. The molecule has 14 heavy (non-hydrogen) atoms. The minimum absolute atomic E-state index is 0.508. The predicted octanol–water partition coefficient (Wildman–Crippen LogP) is 2.40. The van der Waals surface area contributed by atoms with Crippen molar-refractivity contribution in [3.05, 3.63) is 16.9 Å². The van der Waals surface area contributed by atoms with Gasteiger partial charge < -0.3 is 5.11 Å². The van der Waals surface area contributed by atoms with Gasteiger partial charge in [-0.05, 0) is 19.8 Å². The third-order valence-corrected chi connectivity index (χ3v) is 3.03. The van der Waals surface area contributed by atoms with Crippen LogP contribution in [0.1, 0.15) is 32.4 Å². The zero-order valence-electron chi connectivity index (χ0n) is 8.92. The molecule has 0 aliphatic rings. The summed E-state index contributed by atoms with van der Waals surface area (Å²) >= 11 is 5.88. The third-order valence-electron chi connectivity index (χ3n) is 2.66. The van der Waals surface area contributed by atoms with Crippen molar-refractivity contribution in [1.29, 1.82) is 0 Å². The molecule has 0 amide bonds. The highest BCUT2D eigenvalue weighted by molar-refractivity contribution is 6.31. The van der Waals surface area contributed by atoms with E-state index in [1.54, 1.807) is 10.9 Å². The molecule has 0 spiro atoms. The lowest BCUT2D eigenvalue weighted by Crippen LogP contribution is -2.32. The molecule has 0 saturated heterocycles. The quantitative estimate of drug-likeness (QED) is 0.840. The number of hydrogen-bond donors (Lipinski definition) is 1. The minimum Gasteiger partial charge on any atom is -0.388 e. The summed E-state index contributed by atoms with van der Waals surface area (Å²) in [5.41, 5.74) is 0.142. The maximum atomic E-state index is 10.1. The van der Waals surface area contributed by atoms with Crippen LogP contribution in [-0.2, 0) is 6.54 Å². The zero-order chi connectivity index (χ0) is 10.8. The molecule has 1 aromatic rings. The molecule has 80 valence electrons. The standard InChI is InChI=1S/C10H17ClN2O/c1-4-10(14,5-2)7-13-6-9(11)8(3)12-13/h6,14H,4-5,7H2,1-3H3. The van der Waals surface area contributed by atoms with Gasteiger partial charge in [-0.2, -0.15) is 5.10 Å². The van der Waals surface area contributed by atoms with Crippen molar-refractivity contribution in [3.8, 4) is 0 Å². The summed E-state index contributed by atoms with van der Waals surface area (Å²) in [7, 11) is 0. The third kappa shape index (κ3) is 2.49. The number of nitrogens with zero attached hydrogens (tertiary/aromatic N) is 2. The molecule has 1 heterocycles. The van der Waals surface area contributed by atoms with Gasteiger partial charge in [0.2, 0.25) is 0 Å². The van der Waals surface area contributed by atoms with E-state index in [2.05, 4.69) is 5.10 Å². The molecule has 4 heteroatoms.